The Morgan fingerprint density at radius 2 is 1.75 bits per heavy atom. The first-order chi connectivity index (χ1) is 9.58. The van der Waals surface area contributed by atoms with Crippen molar-refractivity contribution < 1.29 is 13.2 Å². The lowest BCUT2D eigenvalue weighted by Crippen LogP contribution is -2.33. The molecule has 0 saturated carbocycles. The topological polar surface area (TPSA) is 88.2 Å². The van der Waals surface area contributed by atoms with E-state index in [0.717, 1.165) is 0 Å². The molecule has 1 aromatic carbocycles. The van der Waals surface area contributed by atoms with Gasteiger partial charge in [-0.2, -0.15) is 0 Å². The van der Waals surface area contributed by atoms with Crippen molar-refractivity contribution in [2.75, 3.05) is 11.9 Å². The molecule has 0 saturated heterocycles. The molecule has 0 spiro atoms. The van der Waals surface area contributed by atoms with Crippen molar-refractivity contribution in [1.82, 2.24) is 9.71 Å². The van der Waals surface area contributed by atoms with E-state index in [-0.39, 0.29) is 11.4 Å². The van der Waals surface area contributed by atoms with Crippen LogP contribution in [0.25, 0.3) is 0 Å². The Kier molecular flexibility index (Phi) is 4.44. The van der Waals surface area contributed by atoms with Gasteiger partial charge in [0.25, 0.3) is 0 Å². The Morgan fingerprint density at radius 3 is 2.40 bits per heavy atom. The second-order valence-electron chi connectivity index (χ2n) is 3.90. The Hall–Kier alpha value is -2.25. The van der Waals surface area contributed by atoms with Crippen LogP contribution in [0.2, 0.25) is 0 Å². The summed E-state index contributed by atoms with van der Waals surface area (Å²) in [5.41, 5.74) is 0. The molecular weight excluding hydrogens is 278 g/mol. The fourth-order valence-corrected chi connectivity index (χ4v) is 2.47. The van der Waals surface area contributed by atoms with Crippen LogP contribution in [0.1, 0.15) is 0 Å². The van der Waals surface area contributed by atoms with Gasteiger partial charge in [0.2, 0.25) is 15.9 Å². The summed E-state index contributed by atoms with van der Waals surface area (Å²) in [6.45, 7) is -0.353. The number of carbonyl (C=O) groups excluding carboxylic acids is 1. The van der Waals surface area contributed by atoms with Gasteiger partial charge in [0, 0.05) is 6.20 Å². The van der Waals surface area contributed by atoms with Gasteiger partial charge in [-0.05, 0) is 24.3 Å². The van der Waals surface area contributed by atoms with Crippen LogP contribution in [0.4, 0.5) is 5.82 Å². The zero-order valence-corrected chi connectivity index (χ0v) is 11.3. The lowest BCUT2D eigenvalue weighted by atomic mass is 10.4. The minimum atomic E-state index is -3.68. The summed E-state index contributed by atoms with van der Waals surface area (Å²) >= 11 is 0. The van der Waals surface area contributed by atoms with Crippen molar-refractivity contribution in [2.45, 2.75) is 4.90 Å². The van der Waals surface area contributed by atoms with Crippen molar-refractivity contribution in [3.63, 3.8) is 0 Å². The number of hydrogen-bond donors (Lipinski definition) is 2. The van der Waals surface area contributed by atoms with Crippen molar-refractivity contribution in [1.29, 1.82) is 0 Å². The molecule has 0 atom stereocenters. The fourth-order valence-electron chi connectivity index (χ4n) is 1.47. The van der Waals surface area contributed by atoms with E-state index in [1.165, 1.54) is 18.3 Å². The van der Waals surface area contributed by atoms with E-state index in [0.29, 0.717) is 5.82 Å². The number of nitrogens with one attached hydrogen (secondary N) is 2. The molecule has 2 N–H and O–H groups in total. The Balaban J connectivity index is 1.94. The first kappa shape index (κ1) is 14.2. The first-order valence-corrected chi connectivity index (χ1v) is 7.32. The zero-order chi connectivity index (χ0) is 14.4. The molecule has 6 nitrogen and oxygen atoms in total. The molecule has 20 heavy (non-hydrogen) atoms. The predicted molar refractivity (Wildman–Crippen MR) is 74.5 cm³/mol. The molecule has 1 aromatic heterocycles. The quantitative estimate of drug-likeness (QED) is 0.860. The molecule has 0 radical (unpaired) electrons. The number of rotatable bonds is 5. The largest absolute Gasteiger partial charge is 0.310 e. The van der Waals surface area contributed by atoms with Gasteiger partial charge in [0.05, 0.1) is 11.4 Å². The van der Waals surface area contributed by atoms with Crippen LogP contribution >= 0.6 is 0 Å². The number of pyridine rings is 1. The number of carbonyl (C=O) groups is 1. The van der Waals surface area contributed by atoms with Crippen molar-refractivity contribution in [3.05, 3.63) is 54.7 Å². The molecule has 1 heterocycles. The molecule has 2 rings (SSSR count). The highest BCUT2D eigenvalue weighted by Gasteiger charge is 2.14. The Bertz CT molecular complexity index is 673. The van der Waals surface area contributed by atoms with E-state index in [2.05, 4.69) is 15.0 Å². The van der Waals surface area contributed by atoms with E-state index in [1.54, 1.807) is 36.4 Å². The normalized spacial score (nSPS) is 11.0. The highest BCUT2D eigenvalue weighted by molar-refractivity contribution is 7.89. The van der Waals surface area contributed by atoms with Crippen LogP contribution < -0.4 is 10.0 Å². The Labute approximate surface area is 116 Å². The number of sulfonamides is 1. The van der Waals surface area contributed by atoms with Gasteiger partial charge in [-0.3, -0.25) is 4.79 Å². The Morgan fingerprint density at radius 1 is 1.05 bits per heavy atom. The van der Waals surface area contributed by atoms with Crippen LogP contribution in [-0.4, -0.2) is 25.9 Å². The van der Waals surface area contributed by atoms with Gasteiger partial charge < -0.3 is 5.32 Å². The average Bonchev–Trinajstić information content (AvgIpc) is 2.47. The van der Waals surface area contributed by atoms with Gasteiger partial charge >= 0.3 is 0 Å². The van der Waals surface area contributed by atoms with Crippen LogP contribution in [0.15, 0.2) is 59.6 Å². The third-order valence-electron chi connectivity index (χ3n) is 2.41. The second kappa shape index (κ2) is 6.27. The SMILES string of the molecule is O=C(CNS(=O)(=O)c1ccccc1)Nc1ccccn1. The molecule has 1 amide bonds. The average molecular weight is 291 g/mol. The third-order valence-corrected chi connectivity index (χ3v) is 3.83. The number of benzene rings is 1. The predicted octanol–water partition coefficient (Wildman–Crippen LogP) is 0.999. The van der Waals surface area contributed by atoms with Gasteiger partial charge in [0.1, 0.15) is 5.82 Å². The maximum atomic E-state index is 11.9. The van der Waals surface area contributed by atoms with Crippen molar-refractivity contribution >= 4 is 21.7 Å². The maximum absolute atomic E-state index is 11.9. The lowest BCUT2D eigenvalue weighted by molar-refractivity contribution is -0.115. The van der Waals surface area contributed by atoms with Crippen LogP contribution in [-0.2, 0) is 14.8 Å². The summed E-state index contributed by atoms with van der Waals surface area (Å²) in [4.78, 5) is 15.6. The minimum absolute atomic E-state index is 0.116. The highest BCUT2D eigenvalue weighted by Crippen LogP contribution is 2.06. The van der Waals surface area contributed by atoms with E-state index >= 15 is 0 Å². The summed E-state index contributed by atoms with van der Waals surface area (Å²) in [6.07, 6.45) is 1.53. The zero-order valence-electron chi connectivity index (χ0n) is 10.5. The molecule has 0 aliphatic carbocycles. The molecule has 7 heteroatoms. The van der Waals surface area contributed by atoms with E-state index in [4.69, 9.17) is 0 Å². The third kappa shape index (κ3) is 3.87. The number of anilines is 1. The summed E-state index contributed by atoms with van der Waals surface area (Å²) in [5.74, 6) is -0.111. The molecule has 0 fully saturated rings. The summed E-state index contributed by atoms with van der Waals surface area (Å²) in [6, 6.07) is 12.9. The molecule has 0 unspecified atom stereocenters. The molecule has 0 bridgehead atoms. The van der Waals surface area contributed by atoms with E-state index in [1.807, 2.05) is 0 Å². The molecule has 2 aromatic rings. The number of hydrogen-bond acceptors (Lipinski definition) is 4. The smallest absolute Gasteiger partial charge is 0.241 e. The van der Waals surface area contributed by atoms with Crippen molar-refractivity contribution in [2.24, 2.45) is 0 Å². The number of amides is 1. The maximum Gasteiger partial charge on any atom is 0.241 e. The van der Waals surface area contributed by atoms with Crippen molar-refractivity contribution in [3.8, 4) is 0 Å². The van der Waals surface area contributed by atoms with Gasteiger partial charge in [0.15, 0.2) is 0 Å². The second-order valence-corrected chi connectivity index (χ2v) is 5.67. The monoisotopic (exact) mass is 291 g/mol. The van der Waals surface area contributed by atoms with E-state index in [9.17, 15) is 13.2 Å². The van der Waals surface area contributed by atoms with Crippen LogP contribution in [0, 0.1) is 0 Å². The van der Waals surface area contributed by atoms with E-state index < -0.39 is 15.9 Å². The van der Waals surface area contributed by atoms with Gasteiger partial charge in [-0.15, -0.1) is 0 Å². The van der Waals surface area contributed by atoms with Crippen LogP contribution in [0.3, 0.4) is 0 Å². The summed E-state index contributed by atoms with van der Waals surface area (Å²) in [5, 5.41) is 2.49. The van der Waals surface area contributed by atoms with Gasteiger partial charge in [-0.1, -0.05) is 24.3 Å². The fraction of sp³-hybridized carbons (Fsp3) is 0.0769. The van der Waals surface area contributed by atoms with Gasteiger partial charge in [-0.25, -0.2) is 18.1 Å². The standard InChI is InChI=1S/C13H13N3O3S/c17-13(16-12-8-4-5-9-14-12)10-15-20(18,19)11-6-2-1-3-7-11/h1-9,15H,10H2,(H,14,16,17). The highest BCUT2D eigenvalue weighted by atomic mass is 32.2. The molecule has 0 aliphatic rings. The summed E-state index contributed by atoms with van der Waals surface area (Å²) in [7, 11) is -3.68. The minimum Gasteiger partial charge on any atom is -0.310 e. The molecule has 104 valence electrons. The number of aromatic nitrogens is 1. The van der Waals surface area contributed by atoms with Crippen LogP contribution in [0.5, 0.6) is 0 Å². The lowest BCUT2D eigenvalue weighted by Gasteiger charge is -2.07. The molecular formula is C13H13N3O3S. The number of nitrogens with zero attached hydrogens (tertiary/aromatic N) is 1. The first-order valence-electron chi connectivity index (χ1n) is 5.83. The molecule has 0 aliphatic heterocycles. The summed E-state index contributed by atoms with van der Waals surface area (Å²) < 4.78 is 26.0.